The van der Waals surface area contributed by atoms with Crippen LogP contribution in [0.2, 0.25) is 0 Å². The first-order chi connectivity index (χ1) is 19.0. The standard InChI is InChI=1S/C26H30N8O6.2ClH/c27-20(28)11-15-1-3-17(4-2-15)24(38)31-12-19-26(40)33(14-22(36)37)9-10-34(19)21(35)13-32-25(39)18-7-5-16(6-8-18)23(29)30;;/h1-8,19H,9-14H2,(H3,27,28)(H3,29,30)(H,31,38)(H,32,39)(H,36,37);2*1H. The number of piperazine rings is 1. The molecule has 42 heavy (non-hydrogen) atoms. The van der Waals surface area contributed by atoms with Crippen LogP contribution in [-0.2, 0) is 20.8 Å². The van der Waals surface area contributed by atoms with Gasteiger partial charge in [0, 0.05) is 42.7 Å². The summed E-state index contributed by atoms with van der Waals surface area (Å²) in [7, 11) is 0. The van der Waals surface area contributed by atoms with Gasteiger partial charge in [0.25, 0.3) is 11.8 Å². The maximum atomic E-state index is 13.1. The molecular weight excluding hydrogens is 591 g/mol. The molecule has 3 rings (SSSR count). The van der Waals surface area contributed by atoms with Crippen LogP contribution in [0, 0.1) is 10.8 Å². The van der Waals surface area contributed by atoms with Gasteiger partial charge >= 0.3 is 5.97 Å². The predicted octanol–water partition coefficient (Wildman–Crippen LogP) is -0.423. The number of benzene rings is 2. The lowest BCUT2D eigenvalue weighted by molar-refractivity contribution is -0.154. The van der Waals surface area contributed by atoms with Crippen LogP contribution < -0.4 is 22.1 Å². The smallest absolute Gasteiger partial charge is 0.323 e. The van der Waals surface area contributed by atoms with Crippen LogP contribution >= 0.6 is 24.8 Å². The second-order valence-corrected chi connectivity index (χ2v) is 9.04. The minimum absolute atomic E-state index is 0. The molecule has 1 unspecified atom stereocenters. The highest BCUT2D eigenvalue weighted by Gasteiger charge is 2.38. The zero-order valence-electron chi connectivity index (χ0n) is 22.3. The van der Waals surface area contributed by atoms with Gasteiger partial charge in [-0.1, -0.05) is 24.3 Å². The molecule has 4 amide bonds. The molecule has 1 saturated heterocycles. The Labute approximate surface area is 253 Å². The SMILES string of the molecule is Cl.Cl.N=C(N)Cc1ccc(C(=O)NCC2C(=O)N(CC(=O)O)CCN2C(=O)CNC(=O)c2ccc(C(=N)N)cc2)cc1. The predicted molar refractivity (Wildman–Crippen MR) is 158 cm³/mol. The van der Waals surface area contributed by atoms with E-state index < -0.39 is 48.7 Å². The number of amides is 4. The van der Waals surface area contributed by atoms with Gasteiger partial charge in [-0.05, 0) is 29.8 Å². The fourth-order valence-corrected chi connectivity index (χ4v) is 4.10. The van der Waals surface area contributed by atoms with Crippen molar-refractivity contribution in [2.24, 2.45) is 11.5 Å². The fourth-order valence-electron chi connectivity index (χ4n) is 4.10. The van der Waals surface area contributed by atoms with E-state index in [4.69, 9.17) is 27.4 Å². The van der Waals surface area contributed by atoms with Gasteiger partial charge in [-0.3, -0.25) is 34.8 Å². The van der Waals surface area contributed by atoms with Crippen molar-refractivity contribution in [3.8, 4) is 0 Å². The van der Waals surface area contributed by atoms with Gasteiger partial charge in [-0.2, -0.15) is 0 Å². The van der Waals surface area contributed by atoms with Crippen LogP contribution in [0.25, 0.3) is 0 Å². The summed E-state index contributed by atoms with van der Waals surface area (Å²) in [5.74, 6) is -3.72. The molecule has 0 spiro atoms. The maximum absolute atomic E-state index is 13.1. The summed E-state index contributed by atoms with van der Waals surface area (Å²) in [6.45, 7) is -1.31. The number of hydrogen-bond donors (Lipinski definition) is 7. The Morgan fingerprint density at radius 3 is 1.90 bits per heavy atom. The van der Waals surface area contributed by atoms with Crippen molar-refractivity contribution in [2.45, 2.75) is 12.5 Å². The summed E-state index contributed by atoms with van der Waals surface area (Å²) in [5.41, 5.74) is 12.5. The number of hydrogen-bond acceptors (Lipinski definition) is 7. The second kappa shape index (κ2) is 15.9. The van der Waals surface area contributed by atoms with Gasteiger partial charge in [0.05, 0.1) is 12.4 Å². The zero-order chi connectivity index (χ0) is 29.4. The van der Waals surface area contributed by atoms with Gasteiger partial charge in [-0.25, -0.2) is 0 Å². The monoisotopic (exact) mass is 622 g/mol. The first-order valence-corrected chi connectivity index (χ1v) is 12.2. The average molecular weight is 623 g/mol. The molecular formula is C26H32Cl2N8O6. The number of amidine groups is 2. The van der Waals surface area contributed by atoms with E-state index in [1.165, 1.54) is 41.3 Å². The number of aliphatic carboxylic acids is 1. The maximum Gasteiger partial charge on any atom is 0.323 e. The van der Waals surface area contributed by atoms with Gasteiger partial charge < -0.3 is 37.0 Å². The summed E-state index contributed by atoms with van der Waals surface area (Å²) in [6, 6.07) is 11.1. The van der Waals surface area contributed by atoms with Crippen LogP contribution in [0.1, 0.15) is 31.8 Å². The van der Waals surface area contributed by atoms with Crippen LogP contribution in [0.5, 0.6) is 0 Å². The Morgan fingerprint density at radius 2 is 1.38 bits per heavy atom. The van der Waals surface area contributed by atoms with Crippen LogP contribution in [0.4, 0.5) is 0 Å². The molecule has 0 bridgehead atoms. The summed E-state index contributed by atoms with van der Waals surface area (Å²) in [5, 5.41) is 29.0. The van der Waals surface area contributed by atoms with E-state index in [0.717, 1.165) is 10.5 Å². The van der Waals surface area contributed by atoms with Crippen LogP contribution in [-0.4, -0.2) is 94.9 Å². The molecule has 2 aromatic carbocycles. The highest BCUT2D eigenvalue weighted by atomic mass is 35.5. The van der Waals surface area contributed by atoms with Gasteiger partial charge in [0.1, 0.15) is 18.4 Å². The first-order valence-electron chi connectivity index (χ1n) is 12.2. The number of nitrogens with one attached hydrogen (secondary N) is 4. The molecule has 0 aliphatic carbocycles. The zero-order valence-corrected chi connectivity index (χ0v) is 23.9. The van der Waals surface area contributed by atoms with Crippen molar-refractivity contribution in [1.82, 2.24) is 20.4 Å². The highest BCUT2D eigenvalue weighted by Crippen LogP contribution is 2.13. The fraction of sp³-hybridized carbons (Fsp3) is 0.269. The van der Waals surface area contributed by atoms with E-state index in [1.54, 1.807) is 12.1 Å². The van der Waals surface area contributed by atoms with E-state index >= 15 is 0 Å². The molecule has 9 N–H and O–H groups in total. The molecule has 226 valence electrons. The summed E-state index contributed by atoms with van der Waals surface area (Å²) in [6.07, 6.45) is 0.231. The van der Waals surface area contributed by atoms with E-state index in [-0.39, 0.29) is 73.7 Å². The number of rotatable bonds is 11. The molecule has 1 heterocycles. The third kappa shape index (κ3) is 9.45. The van der Waals surface area contributed by atoms with Gasteiger partial charge in [0.15, 0.2) is 0 Å². The Balaban J connectivity index is 0.00000441. The molecule has 0 radical (unpaired) electrons. The topological polar surface area (TPSA) is 236 Å². The molecule has 0 aromatic heterocycles. The number of nitrogen functional groups attached to an aromatic ring is 1. The lowest BCUT2D eigenvalue weighted by Crippen LogP contribution is -2.63. The lowest BCUT2D eigenvalue weighted by atomic mass is 10.1. The number of carboxylic acid groups (broad SMARTS) is 1. The number of carboxylic acids is 1. The molecule has 1 atom stereocenters. The molecule has 1 aliphatic heterocycles. The van der Waals surface area contributed by atoms with Crippen molar-refractivity contribution < 1.29 is 29.1 Å². The Hall–Kier alpha value is -4.69. The summed E-state index contributed by atoms with van der Waals surface area (Å²) >= 11 is 0. The van der Waals surface area contributed by atoms with Crippen molar-refractivity contribution in [3.05, 3.63) is 70.8 Å². The van der Waals surface area contributed by atoms with E-state index in [9.17, 15) is 24.0 Å². The quantitative estimate of drug-likeness (QED) is 0.128. The number of halogens is 2. The largest absolute Gasteiger partial charge is 0.480 e. The third-order valence-corrected chi connectivity index (χ3v) is 6.16. The van der Waals surface area contributed by atoms with Crippen LogP contribution in [0.3, 0.4) is 0 Å². The average Bonchev–Trinajstić information content (AvgIpc) is 2.91. The Morgan fingerprint density at radius 1 is 0.857 bits per heavy atom. The van der Waals surface area contributed by atoms with Crippen LogP contribution in [0.15, 0.2) is 48.5 Å². The molecule has 1 aliphatic rings. The van der Waals surface area contributed by atoms with Crippen molar-refractivity contribution in [1.29, 1.82) is 10.8 Å². The second-order valence-electron chi connectivity index (χ2n) is 9.04. The van der Waals surface area contributed by atoms with Gasteiger partial charge in [-0.15, -0.1) is 24.8 Å². The number of nitrogens with two attached hydrogens (primary N) is 2. The number of carbonyl (C=O) groups is 5. The summed E-state index contributed by atoms with van der Waals surface area (Å²) in [4.78, 5) is 64.9. The van der Waals surface area contributed by atoms with Crippen molar-refractivity contribution in [2.75, 3.05) is 32.7 Å². The molecule has 16 heteroatoms. The van der Waals surface area contributed by atoms with Crippen molar-refractivity contribution in [3.63, 3.8) is 0 Å². The summed E-state index contributed by atoms with van der Waals surface area (Å²) < 4.78 is 0. The Kier molecular flexibility index (Phi) is 13.4. The molecule has 0 saturated carbocycles. The molecule has 2 aromatic rings. The minimum Gasteiger partial charge on any atom is -0.480 e. The van der Waals surface area contributed by atoms with E-state index in [0.29, 0.717) is 5.56 Å². The third-order valence-electron chi connectivity index (χ3n) is 6.16. The number of carbonyl (C=O) groups excluding carboxylic acids is 4. The normalized spacial score (nSPS) is 14.1. The molecule has 14 nitrogen and oxygen atoms in total. The first kappa shape index (κ1) is 35.3. The number of nitrogens with zero attached hydrogens (tertiary/aromatic N) is 2. The lowest BCUT2D eigenvalue weighted by Gasteiger charge is -2.40. The van der Waals surface area contributed by atoms with Crippen molar-refractivity contribution >= 4 is 66.1 Å². The van der Waals surface area contributed by atoms with E-state index in [1.807, 2.05) is 0 Å². The van der Waals surface area contributed by atoms with Gasteiger partial charge in [0.2, 0.25) is 11.8 Å². The Bertz CT molecular complexity index is 1340. The highest BCUT2D eigenvalue weighted by molar-refractivity contribution is 6.00. The minimum atomic E-state index is -1.22. The van der Waals surface area contributed by atoms with E-state index in [2.05, 4.69) is 10.6 Å². The molecule has 1 fully saturated rings.